The van der Waals surface area contributed by atoms with E-state index in [1.807, 2.05) is 87.5 Å². The molecule has 0 bridgehead atoms. The molecule has 0 saturated carbocycles. The van der Waals surface area contributed by atoms with Gasteiger partial charge in [-0.05, 0) is 50.1 Å². The first-order chi connectivity index (χ1) is 15.0. The SMILES string of the molecule is CCOc1cccc(NC2=C(c3ccc(C)cc3)C(=O)N(c3ccccc3C)C2=O)c1. The van der Waals surface area contributed by atoms with Crippen molar-refractivity contribution in [3.05, 3.63) is 95.2 Å². The number of amides is 2. The second-order valence-electron chi connectivity index (χ2n) is 7.43. The number of hydrogen-bond donors (Lipinski definition) is 1. The van der Waals surface area contributed by atoms with E-state index in [1.165, 1.54) is 4.90 Å². The Morgan fingerprint density at radius 1 is 0.871 bits per heavy atom. The first kappa shape index (κ1) is 20.4. The summed E-state index contributed by atoms with van der Waals surface area (Å²) in [5.41, 5.74) is 4.51. The molecule has 1 aliphatic rings. The van der Waals surface area contributed by atoms with Crippen LogP contribution in [-0.2, 0) is 9.59 Å². The zero-order valence-electron chi connectivity index (χ0n) is 17.8. The molecule has 0 aliphatic carbocycles. The molecule has 1 N–H and O–H groups in total. The van der Waals surface area contributed by atoms with Gasteiger partial charge in [0.1, 0.15) is 11.4 Å². The lowest BCUT2D eigenvalue weighted by Crippen LogP contribution is -2.33. The number of benzene rings is 3. The van der Waals surface area contributed by atoms with E-state index >= 15 is 0 Å². The number of para-hydroxylation sites is 1. The Balaban J connectivity index is 1.81. The van der Waals surface area contributed by atoms with Crippen molar-refractivity contribution in [2.24, 2.45) is 0 Å². The highest BCUT2D eigenvalue weighted by Gasteiger charge is 2.40. The summed E-state index contributed by atoms with van der Waals surface area (Å²) in [7, 11) is 0. The molecule has 31 heavy (non-hydrogen) atoms. The maximum atomic E-state index is 13.5. The summed E-state index contributed by atoms with van der Waals surface area (Å²) >= 11 is 0. The van der Waals surface area contributed by atoms with Gasteiger partial charge >= 0.3 is 0 Å². The number of anilines is 2. The molecule has 3 aromatic carbocycles. The normalized spacial score (nSPS) is 13.7. The second kappa shape index (κ2) is 8.48. The van der Waals surface area contributed by atoms with E-state index in [2.05, 4.69) is 5.32 Å². The molecule has 4 rings (SSSR count). The van der Waals surface area contributed by atoms with Crippen molar-refractivity contribution in [2.75, 3.05) is 16.8 Å². The van der Waals surface area contributed by atoms with Gasteiger partial charge in [0.15, 0.2) is 0 Å². The number of hydrogen-bond acceptors (Lipinski definition) is 4. The third-order valence-electron chi connectivity index (χ3n) is 5.19. The molecule has 0 atom stereocenters. The summed E-state index contributed by atoms with van der Waals surface area (Å²) in [6.45, 7) is 6.33. The number of rotatable bonds is 6. The summed E-state index contributed by atoms with van der Waals surface area (Å²) in [4.78, 5) is 28.2. The number of nitrogens with one attached hydrogen (secondary N) is 1. The van der Waals surface area contributed by atoms with Crippen LogP contribution in [0.3, 0.4) is 0 Å². The number of aryl methyl sites for hydroxylation is 2. The average Bonchev–Trinajstić information content (AvgIpc) is 2.99. The fourth-order valence-electron chi connectivity index (χ4n) is 3.64. The molecule has 0 spiro atoms. The largest absolute Gasteiger partial charge is 0.494 e. The first-order valence-corrected chi connectivity index (χ1v) is 10.2. The molecule has 0 fully saturated rings. The molecular formula is C26H24N2O3. The van der Waals surface area contributed by atoms with Crippen LogP contribution in [-0.4, -0.2) is 18.4 Å². The molecule has 0 radical (unpaired) electrons. The number of nitrogens with zero attached hydrogens (tertiary/aromatic N) is 1. The van der Waals surface area contributed by atoms with E-state index in [9.17, 15) is 9.59 Å². The Labute approximate surface area is 182 Å². The Morgan fingerprint density at radius 3 is 2.32 bits per heavy atom. The topological polar surface area (TPSA) is 58.6 Å². The molecule has 5 nitrogen and oxygen atoms in total. The molecule has 0 unspecified atom stereocenters. The smallest absolute Gasteiger partial charge is 0.282 e. The average molecular weight is 412 g/mol. The molecule has 0 saturated heterocycles. The van der Waals surface area contributed by atoms with Crippen LogP contribution in [0.25, 0.3) is 5.57 Å². The Morgan fingerprint density at radius 2 is 1.61 bits per heavy atom. The van der Waals surface area contributed by atoms with E-state index in [-0.39, 0.29) is 17.5 Å². The van der Waals surface area contributed by atoms with E-state index in [1.54, 1.807) is 6.07 Å². The molecule has 1 heterocycles. The number of carbonyl (C=O) groups excluding carboxylic acids is 2. The van der Waals surface area contributed by atoms with Gasteiger partial charge in [0.25, 0.3) is 11.8 Å². The maximum absolute atomic E-state index is 13.5. The third kappa shape index (κ3) is 3.94. The van der Waals surface area contributed by atoms with Crippen molar-refractivity contribution >= 4 is 28.8 Å². The minimum absolute atomic E-state index is 0.255. The highest BCUT2D eigenvalue weighted by molar-refractivity contribution is 6.46. The summed E-state index contributed by atoms with van der Waals surface area (Å²) in [6, 6.07) is 22.4. The Bertz CT molecular complexity index is 1180. The monoisotopic (exact) mass is 412 g/mol. The molecule has 156 valence electrons. The first-order valence-electron chi connectivity index (χ1n) is 10.2. The summed E-state index contributed by atoms with van der Waals surface area (Å²) < 4.78 is 5.57. The molecule has 1 aliphatic heterocycles. The van der Waals surface area contributed by atoms with Gasteiger partial charge in [0, 0.05) is 11.8 Å². The molecular weight excluding hydrogens is 388 g/mol. The number of carbonyl (C=O) groups is 2. The van der Waals surface area contributed by atoms with Crippen LogP contribution in [0.4, 0.5) is 11.4 Å². The quantitative estimate of drug-likeness (QED) is 0.573. The van der Waals surface area contributed by atoms with Crippen molar-refractivity contribution in [1.29, 1.82) is 0 Å². The highest BCUT2D eigenvalue weighted by Crippen LogP contribution is 2.35. The molecule has 0 aromatic heterocycles. The zero-order chi connectivity index (χ0) is 22.0. The molecule has 3 aromatic rings. The fraction of sp³-hybridized carbons (Fsp3) is 0.154. The summed E-state index contributed by atoms with van der Waals surface area (Å²) in [5.74, 6) is -0.0270. The van der Waals surface area contributed by atoms with Crippen LogP contribution in [0, 0.1) is 13.8 Å². The van der Waals surface area contributed by atoms with E-state index in [0.29, 0.717) is 34.9 Å². The van der Waals surface area contributed by atoms with Gasteiger partial charge in [-0.3, -0.25) is 9.59 Å². The lowest BCUT2D eigenvalue weighted by molar-refractivity contribution is -0.120. The van der Waals surface area contributed by atoms with Gasteiger partial charge in [0.05, 0.1) is 17.9 Å². The van der Waals surface area contributed by atoms with Gasteiger partial charge in [-0.15, -0.1) is 0 Å². The predicted octanol–water partition coefficient (Wildman–Crippen LogP) is 5.10. The van der Waals surface area contributed by atoms with Crippen molar-refractivity contribution in [3.8, 4) is 5.75 Å². The third-order valence-corrected chi connectivity index (χ3v) is 5.19. The Hall–Kier alpha value is -3.86. The van der Waals surface area contributed by atoms with Gasteiger partial charge < -0.3 is 10.1 Å². The minimum atomic E-state index is -0.378. The van der Waals surface area contributed by atoms with Crippen molar-refractivity contribution < 1.29 is 14.3 Å². The van der Waals surface area contributed by atoms with Gasteiger partial charge in [-0.1, -0.05) is 54.1 Å². The lowest BCUT2D eigenvalue weighted by Gasteiger charge is -2.17. The van der Waals surface area contributed by atoms with E-state index in [0.717, 1.165) is 11.1 Å². The van der Waals surface area contributed by atoms with Crippen molar-refractivity contribution in [1.82, 2.24) is 0 Å². The van der Waals surface area contributed by atoms with Crippen molar-refractivity contribution in [3.63, 3.8) is 0 Å². The van der Waals surface area contributed by atoms with Gasteiger partial charge in [0.2, 0.25) is 0 Å². The highest BCUT2D eigenvalue weighted by atomic mass is 16.5. The van der Waals surface area contributed by atoms with E-state index in [4.69, 9.17) is 4.74 Å². The minimum Gasteiger partial charge on any atom is -0.494 e. The number of ether oxygens (including phenoxy) is 1. The Kier molecular flexibility index (Phi) is 5.58. The van der Waals surface area contributed by atoms with Crippen LogP contribution >= 0.6 is 0 Å². The number of imide groups is 1. The van der Waals surface area contributed by atoms with E-state index < -0.39 is 0 Å². The van der Waals surface area contributed by atoms with Crippen LogP contribution in [0.15, 0.2) is 78.5 Å². The molecule has 2 amide bonds. The second-order valence-corrected chi connectivity index (χ2v) is 7.43. The summed E-state index contributed by atoms with van der Waals surface area (Å²) in [5, 5.41) is 3.19. The van der Waals surface area contributed by atoms with Gasteiger partial charge in [-0.25, -0.2) is 4.90 Å². The predicted molar refractivity (Wildman–Crippen MR) is 123 cm³/mol. The van der Waals surface area contributed by atoms with Crippen LogP contribution in [0.2, 0.25) is 0 Å². The van der Waals surface area contributed by atoms with Crippen LogP contribution in [0.5, 0.6) is 5.75 Å². The van der Waals surface area contributed by atoms with Gasteiger partial charge in [-0.2, -0.15) is 0 Å². The van der Waals surface area contributed by atoms with Crippen molar-refractivity contribution in [2.45, 2.75) is 20.8 Å². The van der Waals surface area contributed by atoms with Crippen LogP contribution < -0.4 is 15.0 Å². The lowest BCUT2D eigenvalue weighted by atomic mass is 10.0. The maximum Gasteiger partial charge on any atom is 0.282 e. The van der Waals surface area contributed by atoms with Crippen LogP contribution in [0.1, 0.15) is 23.6 Å². The molecule has 5 heteroatoms. The standard InChI is InChI=1S/C26H24N2O3/c1-4-31-21-10-7-9-20(16-21)27-24-23(19-14-12-17(2)13-15-19)25(29)28(26(24)30)22-11-6-5-8-18(22)3/h5-16,27H,4H2,1-3H3. The summed E-state index contributed by atoms with van der Waals surface area (Å²) in [6.07, 6.45) is 0. The zero-order valence-corrected chi connectivity index (χ0v) is 17.8. The fourth-order valence-corrected chi connectivity index (χ4v) is 3.64.